The Morgan fingerprint density at radius 2 is 1.93 bits per heavy atom. The number of methoxy groups -OCH3 is 1. The minimum absolute atomic E-state index is 0. The number of aromatic nitrogens is 2. The lowest BCUT2D eigenvalue weighted by atomic mass is 10.2. The highest BCUT2D eigenvalue weighted by molar-refractivity contribution is 14.0. The molecule has 9 heteroatoms. The largest absolute Gasteiger partial charge is 0.497 e. The molecule has 0 radical (unpaired) electrons. The number of amides is 1. The van der Waals surface area contributed by atoms with Crippen molar-refractivity contribution < 1.29 is 9.53 Å². The molecule has 0 aliphatic rings. The van der Waals surface area contributed by atoms with E-state index < -0.39 is 0 Å². The highest BCUT2D eigenvalue weighted by Crippen LogP contribution is 2.15. The number of nitrogens with zero attached hydrogens (tertiary/aromatic N) is 3. The topological polar surface area (TPSA) is 107 Å². The predicted molar refractivity (Wildman–Crippen MR) is 125 cm³/mol. The van der Waals surface area contributed by atoms with Gasteiger partial charge in [0.05, 0.1) is 13.7 Å². The van der Waals surface area contributed by atoms with Gasteiger partial charge in [-0.25, -0.2) is 4.99 Å². The van der Waals surface area contributed by atoms with Crippen molar-refractivity contribution in [1.82, 2.24) is 9.78 Å². The highest BCUT2D eigenvalue weighted by Gasteiger charge is 2.04. The predicted octanol–water partition coefficient (Wildman–Crippen LogP) is 3.08. The lowest BCUT2D eigenvalue weighted by Gasteiger charge is -2.08. The van der Waals surface area contributed by atoms with Gasteiger partial charge in [0, 0.05) is 23.8 Å². The van der Waals surface area contributed by atoms with Crippen LogP contribution >= 0.6 is 24.0 Å². The molecule has 0 bridgehead atoms. The van der Waals surface area contributed by atoms with E-state index in [4.69, 9.17) is 10.5 Å². The Bertz CT molecular complexity index is 942. The lowest BCUT2D eigenvalue weighted by Crippen LogP contribution is -2.22. The van der Waals surface area contributed by atoms with E-state index in [2.05, 4.69) is 20.7 Å². The van der Waals surface area contributed by atoms with Crippen LogP contribution in [0.1, 0.15) is 5.56 Å². The smallest absolute Gasteiger partial charge is 0.246 e. The zero-order chi connectivity index (χ0) is 19.8. The lowest BCUT2D eigenvalue weighted by molar-refractivity contribution is -0.116. The van der Waals surface area contributed by atoms with Crippen molar-refractivity contribution in [3.05, 3.63) is 72.6 Å². The van der Waals surface area contributed by atoms with E-state index in [0.29, 0.717) is 18.2 Å². The molecule has 1 amide bonds. The minimum Gasteiger partial charge on any atom is -0.497 e. The van der Waals surface area contributed by atoms with E-state index in [-0.39, 0.29) is 36.4 Å². The van der Waals surface area contributed by atoms with E-state index in [1.54, 1.807) is 30.3 Å². The SMILES string of the molecule is COc1ccc(NC(N)=NCc2cccc(NC(=O)Cn3cccn3)c2)cc1.I. The molecule has 1 aromatic heterocycles. The molecule has 0 aliphatic heterocycles. The number of carbonyl (C=O) groups excluding carboxylic acids is 1. The van der Waals surface area contributed by atoms with Crippen LogP contribution in [0.25, 0.3) is 0 Å². The average molecular weight is 506 g/mol. The quantitative estimate of drug-likeness (QED) is 0.260. The normalized spacial score (nSPS) is 10.7. The third-order valence-corrected chi connectivity index (χ3v) is 3.87. The van der Waals surface area contributed by atoms with Gasteiger partial charge in [0.25, 0.3) is 0 Å². The molecule has 0 fully saturated rings. The molecule has 1 heterocycles. The molecule has 0 spiro atoms. The first-order chi connectivity index (χ1) is 13.6. The number of hydrogen-bond acceptors (Lipinski definition) is 4. The van der Waals surface area contributed by atoms with Gasteiger partial charge in [0.1, 0.15) is 12.3 Å². The molecule has 8 nitrogen and oxygen atoms in total. The average Bonchev–Trinajstić information content (AvgIpc) is 3.20. The zero-order valence-corrected chi connectivity index (χ0v) is 18.2. The molecule has 0 aliphatic carbocycles. The van der Waals surface area contributed by atoms with Gasteiger partial charge in [-0.15, -0.1) is 24.0 Å². The van der Waals surface area contributed by atoms with Crippen LogP contribution in [-0.4, -0.2) is 28.8 Å². The molecule has 4 N–H and O–H groups in total. The minimum atomic E-state index is -0.148. The summed E-state index contributed by atoms with van der Waals surface area (Å²) in [6.07, 6.45) is 3.37. The molecule has 2 aromatic carbocycles. The van der Waals surface area contributed by atoms with E-state index in [0.717, 1.165) is 17.0 Å². The summed E-state index contributed by atoms with van der Waals surface area (Å²) in [7, 11) is 1.62. The van der Waals surface area contributed by atoms with Crippen LogP contribution in [0.4, 0.5) is 11.4 Å². The monoisotopic (exact) mass is 506 g/mol. The third-order valence-electron chi connectivity index (χ3n) is 3.87. The maximum Gasteiger partial charge on any atom is 0.246 e. The summed E-state index contributed by atoms with van der Waals surface area (Å²) in [5.41, 5.74) is 8.40. The first kappa shape index (κ1) is 22.2. The third kappa shape index (κ3) is 7.11. The second-order valence-corrected chi connectivity index (χ2v) is 6.01. The first-order valence-electron chi connectivity index (χ1n) is 8.69. The number of guanidine groups is 1. The second kappa shape index (κ2) is 11.1. The Hall–Kier alpha value is -3.08. The highest BCUT2D eigenvalue weighted by atomic mass is 127. The van der Waals surface area contributed by atoms with Crippen molar-refractivity contribution in [3.8, 4) is 5.75 Å². The van der Waals surface area contributed by atoms with E-state index in [1.807, 2.05) is 48.5 Å². The number of aliphatic imine (C=N–C) groups is 1. The van der Waals surface area contributed by atoms with Crippen molar-refractivity contribution in [1.29, 1.82) is 0 Å². The van der Waals surface area contributed by atoms with Crippen LogP contribution in [0.2, 0.25) is 0 Å². The number of rotatable bonds is 7. The molecule has 0 atom stereocenters. The molecule has 0 unspecified atom stereocenters. The Morgan fingerprint density at radius 3 is 2.62 bits per heavy atom. The Labute approximate surface area is 186 Å². The van der Waals surface area contributed by atoms with Crippen molar-refractivity contribution >= 4 is 47.2 Å². The van der Waals surface area contributed by atoms with Crippen LogP contribution in [0, 0.1) is 0 Å². The van der Waals surface area contributed by atoms with Crippen LogP contribution in [0.3, 0.4) is 0 Å². The number of ether oxygens (including phenoxy) is 1. The number of nitrogens with two attached hydrogens (primary N) is 1. The second-order valence-electron chi connectivity index (χ2n) is 6.01. The maximum atomic E-state index is 12.1. The van der Waals surface area contributed by atoms with Crippen molar-refractivity contribution in [3.63, 3.8) is 0 Å². The number of benzene rings is 2. The van der Waals surface area contributed by atoms with Crippen molar-refractivity contribution in [2.45, 2.75) is 13.1 Å². The van der Waals surface area contributed by atoms with Crippen molar-refractivity contribution in [2.75, 3.05) is 17.7 Å². The standard InChI is InChI=1S/C20H22N6O2.HI/c1-28-18-8-6-16(7-9-18)25-20(21)22-13-15-4-2-5-17(12-15)24-19(27)14-26-11-3-10-23-26;/h2-12H,13-14H2,1H3,(H,24,27)(H3,21,22,25);1H. The number of anilines is 2. The number of carbonyl (C=O) groups is 1. The fourth-order valence-electron chi connectivity index (χ4n) is 2.53. The fourth-order valence-corrected chi connectivity index (χ4v) is 2.53. The van der Waals surface area contributed by atoms with Gasteiger partial charge in [-0.1, -0.05) is 12.1 Å². The molecular weight excluding hydrogens is 483 g/mol. The van der Waals surface area contributed by atoms with E-state index >= 15 is 0 Å². The van der Waals surface area contributed by atoms with Gasteiger partial charge >= 0.3 is 0 Å². The van der Waals surface area contributed by atoms with E-state index in [1.165, 1.54) is 0 Å². The van der Waals surface area contributed by atoms with Gasteiger partial charge in [-0.2, -0.15) is 5.10 Å². The van der Waals surface area contributed by atoms with Crippen LogP contribution in [0.5, 0.6) is 5.75 Å². The Balaban J connectivity index is 0.00000300. The van der Waals surface area contributed by atoms with E-state index in [9.17, 15) is 4.79 Å². The summed E-state index contributed by atoms with van der Waals surface area (Å²) < 4.78 is 6.69. The first-order valence-corrected chi connectivity index (χ1v) is 8.69. The van der Waals surface area contributed by atoms with Crippen LogP contribution in [-0.2, 0) is 17.9 Å². The number of halogens is 1. The summed E-state index contributed by atoms with van der Waals surface area (Å²) in [6, 6.07) is 16.6. The van der Waals surface area contributed by atoms with Gasteiger partial charge in [-0.3, -0.25) is 9.48 Å². The van der Waals surface area contributed by atoms with Crippen molar-refractivity contribution in [2.24, 2.45) is 10.7 Å². The summed E-state index contributed by atoms with van der Waals surface area (Å²) in [5, 5.41) is 9.90. The summed E-state index contributed by atoms with van der Waals surface area (Å²) >= 11 is 0. The fraction of sp³-hybridized carbons (Fsp3) is 0.150. The maximum absolute atomic E-state index is 12.1. The summed E-state index contributed by atoms with van der Waals surface area (Å²) in [4.78, 5) is 16.4. The number of hydrogen-bond donors (Lipinski definition) is 3. The summed E-state index contributed by atoms with van der Waals surface area (Å²) in [6.45, 7) is 0.548. The molecule has 0 saturated carbocycles. The molecule has 0 saturated heterocycles. The Kier molecular flexibility index (Phi) is 8.46. The van der Waals surface area contributed by atoms with Crippen LogP contribution < -0.4 is 21.1 Å². The zero-order valence-electron chi connectivity index (χ0n) is 15.9. The number of nitrogens with one attached hydrogen (secondary N) is 2. The molecule has 3 aromatic rings. The summed E-state index contributed by atoms with van der Waals surface area (Å²) in [5.74, 6) is 0.927. The van der Waals surface area contributed by atoms with Gasteiger partial charge in [-0.05, 0) is 48.0 Å². The van der Waals surface area contributed by atoms with Gasteiger partial charge in [0.15, 0.2) is 5.96 Å². The Morgan fingerprint density at radius 1 is 1.14 bits per heavy atom. The van der Waals surface area contributed by atoms with Gasteiger partial charge in [0.2, 0.25) is 5.91 Å². The van der Waals surface area contributed by atoms with Crippen LogP contribution in [0.15, 0.2) is 72.0 Å². The van der Waals surface area contributed by atoms with Gasteiger partial charge < -0.3 is 21.1 Å². The molecular formula is C20H23IN6O2. The molecule has 152 valence electrons. The molecule has 3 rings (SSSR count). The molecule has 29 heavy (non-hydrogen) atoms.